The number of hydrogen-bond acceptors (Lipinski definition) is 7. The molecule has 168 valence electrons. The third-order valence-corrected chi connectivity index (χ3v) is 7.50. The molecule has 1 N–H and O–H groups in total. The number of ketones is 1. The van der Waals surface area contributed by atoms with E-state index in [2.05, 4.69) is 11.4 Å². The molecule has 5 rings (SSSR count). The second-order valence-electron chi connectivity index (χ2n) is 8.71. The number of thiophene rings is 1. The molecule has 3 atom stereocenters. The van der Waals surface area contributed by atoms with Gasteiger partial charge in [0.15, 0.2) is 5.78 Å². The number of dihydropyridines is 1. The molecule has 0 unspecified atom stereocenters. The van der Waals surface area contributed by atoms with Gasteiger partial charge in [0, 0.05) is 40.8 Å². The molecule has 0 spiro atoms. The standard InChI is InChI=1S/C25H27NO5S/c1-14-7-8-20(31-14)24-22(25(28)30-13-17-5-3-9-29-17)15(2)26-18-11-16(12-19(27)23(18)24)21-6-4-10-32-21/h4,6-8,10,16-17,24,26H,3,5,9,11-13H2,1-2H3/t16-,17-,24-/m0/s1. The van der Waals surface area contributed by atoms with Crippen molar-refractivity contribution in [2.24, 2.45) is 0 Å². The van der Waals surface area contributed by atoms with Crippen LogP contribution in [0.1, 0.15) is 60.8 Å². The number of allylic oxidation sites excluding steroid dienone is 3. The molecule has 6 nitrogen and oxygen atoms in total. The molecule has 0 amide bonds. The summed E-state index contributed by atoms with van der Waals surface area (Å²) in [6.07, 6.45) is 2.97. The Kier molecular flexibility index (Phi) is 5.78. The fourth-order valence-corrected chi connectivity index (χ4v) is 5.78. The summed E-state index contributed by atoms with van der Waals surface area (Å²) in [5.74, 6) is 0.549. The molecule has 4 heterocycles. The molecule has 0 saturated carbocycles. The third-order valence-electron chi connectivity index (χ3n) is 6.46. The Morgan fingerprint density at radius 2 is 2.12 bits per heavy atom. The van der Waals surface area contributed by atoms with Crippen molar-refractivity contribution in [3.8, 4) is 0 Å². The molecule has 3 aliphatic rings. The predicted molar refractivity (Wildman–Crippen MR) is 120 cm³/mol. The highest BCUT2D eigenvalue weighted by Gasteiger charge is 2.43. The number of carbonyl (C=O) groups is 2. The van der Waals surface area contributed by atoms with Gasteiger partial charge >= 0.3 is 5.97 Å². The van der Waals surface area contributed by atoms with Crippen molar-refractivity contribution in [3.63, 3.8) is 0 Å². The Balaban J connectivity index is 1.48. The van der Waals surface area contributed by atoms with E-state index in [1.807, 2.05) is 37.4 Å². The average molecular weight is 454 g/mol. The predicted octanol–water partition coefficient (Wildman–Crippen LogP) is 4.73. The largest absolute Gasteiger partial charge is 0.465 e. The number of ether oxygens (including phenoxy) is 2. The minimum Gasteiger partial charge on any atom is -0.465 e. The summed E-state index contributed by atoms with van der Waals surface area (Å²) in [5, 5.41) is 5.42. The van der Waals surface area contributed by atoms with Gasteiger partial charge < -0.3 is 19.2 Å². The first-order valence-electron chi connectivity index (χ1n) is 11.1. The van der Waals surface area contributed by atoms with Crippen LogP contribution < -0.4 is 5.32 Å². The summed E-state index contributed by atoms with van der Waals surface area (Å²) in [6, 6.07) is 7.82. The number of nitrogens with one attached hydrogen (secondary N) is 1. The Labute approximate surface area is 191 Å². The van der Waals surface area contributed by atoms with E-state index in [1.165, 1.54) is 4.88 Å². The van der Waals surface area contributed by atoms with Gasteiger partial charge in [-0.3, -0.25) is 4.79 Å². The molecule has 1 saturated heterocycles. The van der Waals surface area contributed by atoms with E-state index in [0.717, 1.165) is 30.7 Å². The van der Waals surface area contributed by atoms with Crippen molar-refractivity contribution in [2.75, 3.05) is 13.2 Å². The lowest BCUT2D eigenvalue weighted by molar-refractivity contribution is -0.142. The van der Waals surface area contributed by atoms with Gasteiger partial charge in [-0.15, -0.1) is 11.3 Å². The second kappa shape index (κ2) is 8.71. The lowest BCUT2D eigenvalue weighted by Crippen LogP contribution is -2.36. The number of hydrogen-bond donors (Lipinski definition) is 1. The SMILES string of the molecule is CC1=C(C(=O)OC[C@@H]2CCCO2)[C@H](c2ccc(C)o2)C2=C(C[C@H](c3cccs3)CC2=O)N1. The van der Waals surface area contributed by atoms with Gasteiger partial charge in [0.25, 0.3) is 0 Å². The van der Waals surface area contributed by atoms with Crippen molar-refractivity contribution in [3.05, 3.63) is 68.6 Å². The quantitative estimate of drug-likeness (QED) is 0.660. The lowest BCUT2D eigenvalue weighted by Gasteiger charge is -2.35. The van der Waals surface area contributed by atoms with E-state index in [0.29, 0.717) is 35.6 Å². The van der Waals surface area contributed by atoms with E-state index >= 15 is 0 Å². The highest BCUT2D eigenvalue weighted by atomic mass is 32.1. The summed E-state index contributed by atoms with van der Waals surface area (Å²) in [6.45, 7) is 4.66. The molecule has 1 aliphatic carbocycles. The first-order chi connectivity index (χ1) is 15.5. The van der Waals surface area contributed by atoms with Crippen molar-refractivity contribution in [2.45, 2.75) is 57.5 Å². The van der Waals surface area contributed by atoms with E-state index in [1.54, 1.807) is 11.3 Å². The zero-order valence-corrected chi connectivity index (χ0v) is 19.1. The second-order valence-corrected chi connectivity index (χ2v) is 9.69. The molecular formula is C25H27NO5S. The molecule has 1 fully saturated rings. The summed E-state index contributed by atoms with van der Waals surface area (Å²) < 4.78 is 17.2. The van der Waals surface area contributed by atoms with Crippen LogP contribution >= 0.6 is 11.3 Å². The molecule has 0 bridgehead atoms. The van der Waals surface area contributed by atoms with Crippen LogP contribution in [-0.2, 0) is 19.1 Å². The first-order valence-corrected chi connectivity index (χ1v) is 12.0. The van der Waals surface area contributed by atoms with E-state index in [-0.39, 0.29) is 24.4 Å². The van der Waals surface area contributed by atoms with Gasteiger partial charge in [-0.25, -0.2) is 4.79 Å². The summed E-state index contributed by atoms with van der Waals surface area (Å²) >= 11 is 1.68. The molecule has 32 heavy (non-hydrogen) atoms. The molecular weight excluding hydrogens is 426 g/mol. The molecule has 2 aromatic heterocycles. The Morgan fingerprint density at radius 1 is 1.25 bits per heavy atom. The number of carbonyl (C=O) groups excluding carboxylic acids is 2. The molecule has 2 aliphatic heterocycles. The van der Waals surface area contributed by atoms with Crippen molar-refractivity contribution in [1.29, 1.82) is 0 Å². The number of furan rings is 1. The first kappa shape index (κ1) is 21.2. The van der Waals surface area contributed by atoms with Gasteiger partial charge in [-0.2, -0.15) is 0 Å². The maximum Gasteiger partial charge on any atom is 0.336 e. The average Bonchev–Trinajstić information content (AvgIpc) is 3.53. The molecule has 2 aromatic rings. The van der Waals surface area contributed by atoms with E-state index in [4.69, 9.17) is 13.9 Å². The van der Waals surface area contributed by atoms with Crippen LogP contribution in [0.3, 0.4) is 0 Å². The van der Waals surface area contributed by atoms with Crippen LogP contribution in [-0.4, -0.2) is 31.1 Å². The minimum atomic E-state index is -0.561. The fourth-order valence-electron chi connectivity index (χ4n) is 4.95. The van der Waals surface area contributed by atoms with Gasteiger partial charge in [0.2, 0.25) is 0 Å². The number of esters is 1. The molecule has 0 radical (unpaired) electrons. The van der Waals surface area contributed by atoms with Crippen LogP contribution in [0.4, 0.5) is 0 Å². The van der Waals surface area contributed by atoms with Crippen LogP contribution in [0.25, 0.3) is 0 Å². The monoisotopic (exact) mass is 453 g/mol. The number of aryl methyl sites for hydroxylation is 1. The normalized spacial score (nSPS) is 25.7. The minimum absolute atomic E-state index is 0.0492. The highest BCUT2D eigenvalue weighted by Crippen LogP contribution is 2.46. The summed E-state index contributed by atoms with van der Waals surface area (Å²) in [4.78, 5) is 27.9. The Hall–Kier alpha value is -2.64. The maximum atomic E-state index is 13.4. The van der Waals surface area contributed by atoms with Gasteiger partial charge in [-0.1, -0.05) is 6.07 Å². The summed E-state index contributed by atoms with van der Waals surface area (Å²) in [7, 11) is 0. The third kappa shape index (κ3) is 3.95. The topological polar surface area (TPSA) is 77.8 Å². The summed E-state index contributed by atoms with van der Waals surface area (Å²) in [5.41, 5.74) is 2.66. The van der Waals surface area contributed by atoms with Crippen LogP contribution in [0.15, 0.2) is 56.6 Å². The van der Waals surface area contributed by atoms with Crippen molar-refractivity contribution >= 4 is 23.1 Å². The zero-order valence-electron chi connectivity index (χ0n) is 18.3. The van der Waals surface area contributed by atoms with Gasteiger partial charge in [0.1, 0.15) is 18.1 Å². The van der Waals surface area contributed by atoms with Crippen molar-refractivity contribution < 1.29 is 23.5 Å². The van der Waals surface area contributed by atoms with Crippen LogP contribution in [0.2, 0.25) is 0 Å². The molecule has 0 aromatic carbocycles. The fraction of sp³-hybridized carbons (Fsp3) is 0.440. The van der Waals surface area contributed by atoms with Gasteiger partial charge in [-0.05, 0) is 56.7 Å². The Morgan fingerprint density at radius 3 is 2.81 bits per heavy atom. The number of Topliss-reactive ketones (excluding diaryl/α,β-unsaturated/α-hetero) is 1. The lowest BCUT2D eigenvalue weighted by atomic mass is 9.74. The number of rotatable bonds is 5. The van der Waals surface area contributed by atoms with E-state index < -0.39 is 11.9 Å². The highest BCUT2D eigenvalue weighted by molar-refractivity contribution is 7.10. The zero-order chi connectivity index (χ0) is 22.2. The van der Waals surface area contributed by atoms with E-state index in [9.17, 15) is 9.59 Å². The Bertz CT molecular complexity index is 1090. The molecule has 7 heteroatoms. The van der Waals surface area contributed by atoms with Crippen LogP contribution in [0, 0.1) is 6.92 Å². The van der Waals surface area contributed by atoms with Crippen molar-refractivity contribution in [1.82, 2.24) is 5.32 Å². The van der Waals surface area contributed by atoms with Gasteiger partial charge in [0.05, 0.1) is 17.6 Å². The van der Waals surface area contributed by atoms with Crippen LogP contribution in [0.5, 0.6) is 0 Å². The smallest absolute Gasteiger partial charge is 0.336 e. The maximum absolute atomic E-state index is 13.4.